The molecule has 1 aromatic heterocycles. The predicted molar refractivity (Wildman–Crippen MR) is 114 cm³/mol. The Balaban J connectivity index is 1.33. The minimum absolute atomic E-state index is 0.239. The number of nitrogens with zero attached hydrogens (tertiary/aromatic N) is 2. The Morgan fingerprint density at radius 2 is 1.65 bits per heavy atom. The van der Waals surface area contributed by atoms with Crippen LogP contribution in [0, 0.1) is 0 Å². The highest BCUT2D eigenvalue weighted by Gasteiger charge is 2.41. The lowest BCUT2D eigenvalue weighted by molar-refractivity contribution is -0.150. The van der Waals surface area contributed by atoms with Crippen LogP contribution in [0.15, 0.2) is 60.0 Å². The molecule has 1 unspecified atom stereocenters. The zero-order valence-corrected chi connectivity index (χ0v) is 17.2. The number of ether oxygens (including phenoxy) is 1. The van der Waals surface area contributed by atoms with E-state index in [1.54, 1.807) is 17.5 Å². The van der Waals surface area contributed by atoms with E-state index in [-0.39, 0.29) is 11.1 Å². The van der Waals surface area contributed by atoms with Crippen LogP contribution in [0.25, 0.3) is 11.3 Å². The molecular formula is C22H17N3O5S. The van der Waals surface area contributed by atoms with E-state index in [0.29, 0.717) is 5.13 Å². The number of carbonyl (C=O) groups is 4. The standard InChI is InChI=1S/C22H17N3O5S/c1-13(25-19(27)15-9-5-6-10-16(15)20(25)28)21(29)30-11-18(26)24-22-23-17(12-31-22)14-7-3-2-4-8-14/h2-10,12-13H,11H2,1H3,(H,23,24,26). The number of hydrogen-bond acceptors (Lipinski definition) is 7. The molecule has 8 nitrogen and oxygen atoms in total. The Morgan fingerprint density at radius 3 is 2.29 bits per heavy atom. The number of esters is 1. The monoisotopic (exact) mass is 435 g/mol. The first-order valence-electron chi connectivity index (χ1n) is 9.40. The van der Waals surface area contributed by atoms with Crippen molar-refractivity contribution in [2.45, 2.75) is 13.0 Å². The lowest BCUT2D eigenvalue weighted by Crippen LogP contribution is -2.44. The van der Waals surface area contributed by atoms with Crippen LogP contribution in [0.5, 0.6) is 0 Å². The molecule has 0 fully saturated rings. The third-order valence-corrected chi connectivity index (χ3v) is 5.48. The van der Waals surface area contributed by atoms with Gasteiger partial charge in [0.15, 0.2) is 11.7 Å². The van der Waals surface area contributed by atoms with Crippen LogP contribution in [0.4, 0.5) is 5.13 Å². The quantitative estimate of drug-likeness (QED) is 0.471. The number of carbonyl (C=O) groups excluding carboxylic acids is 4. The Kier molecular flexibility index (Phi) is 5.59. The summed E-state index contributed by atoms with van der Waals surface area (Å²) >= 11 is 1.25. The average molecular weight is 435 g/mol. The second-order valence-corrected chi connectivity index (χ2v) is 7.62. The number of fused-ring (bicyclic) bond motifs is 1. The highest BCUT2D eigenvalue weighted by Crippen LogP contribution is 2.26. The van der Waals surface area contributed by atoms with Crippen LogP contribution in [-0.2, 0) is 14.3 Å². The number of aromatic nitrogens is 1. The van der Waals surface area contributed by atoms with Gasteiger partial charge in [-0.25, -0.2) is 9.78 Å². The van der Waals surface area contributed by atoms with Crippen molar-refractivity contribution in [2.24, 2.45) is 0 Å². The van der Waals surface area contributed by atoms with Crippen LogP contribution < -0.4 is 5.32 Å². The second kappa shape index (κ2) is 8.49. The molecule has 4 rings (SSSR count). The zero-order chi connectivity index (χ0) is 22.0. The van der Waals surface area contributed by atoms with E-state index in [4.69, 9.17) is 4.74 Å². The van der Waals surface area contributed by atoms with Gasteiger partial charge in [0.2, 0.25) is 0 Å². The molecule has 0 radical (unpaired) electrons. The number of amides is 3. The molecule has 1 N–H and O–H groups in total. The number of thiazole rings is 1. The highest BCUT2D eigenvalue weighted by atomic mass is 32.1. The molecule has 9 heteroatoms. The van der Waals surface area contributed by atoms with Gasteiger partial charge in [-0.2, -0.15) is 0 Å². The maximum absolute atomic E-state index is 12.5. The summed E-state index contributed by atoms with van der Waals surface area (Å²) in [6.07, 6.45) is 0. The van der Waals surface area contributed by atoms with Gasteiger partial charge < -0.3 is 4.74 Å². The third-order valence-electron chi connectivity index (χ3n) is 4.72. The fourth-order valence-corrected chi connectivity index (χ4v) is 3.89. The number of anilines is 1. The van der Waals surface area contributed by atoms with Crippen molar-refractivity contribution in [2.75, 3.05) is 11.9 Å². The molecule has 156 valence electrons. The number of rotatable bonds is 6. The molecule has 2 aromatic carbocycles. The van der Waals surface area contributed by atoms with Crippen molar-refractivity contribution in [3.63, 3.8) is 0 Å². The van der Waals surface area contributed by atoms with E-state index in [2.05, 4.69) is 10.3 Å². The Hall–Kier alpha value is -3.85. The third kappa shape index (κ3) is 4.08. The van der Waals surface area contributed by atoms with Crippen LogP contribution in [0.1, 0.15) is 27.6 Å². The van der Waals surface area contributed by atoms with Gasteiger partial charge in [0.25, 0.3) is 17.7 Å². The lowest BCUT2D eigenvalue weighted by Gasteiger charge is -2.20. The van der Waals surface area contributed by atoms with Gasteiger partial charge >= 0.3 is 5.97 Å². The van der Waals surface area contributed by atoms with Crippen molar-refractivity contribution in [1.82, 2.24) is 9.88 Å². The zero-order valence-electron chi connectivity index (χ0n) is 16.4. The molecule has 1 atom stereocenters. The maximum atomic E-state index is 12.5. The number of nitrogens with one attached hydrogen (secondary N) is 1. The van der Waals surface area contributed by atoms with Gasteiger partial charge in [0, 0.05) is 10.9 Å². The molecular weight excluding hydrogens is 418 g/mol. The van der Waals surface area contributed by atoms with E-state index >= 15 is 0 Å². The molecule has 2 heterocycles. The van der Waals surface area contributed by atoms with E-state index in [0.717, 1.165) is 16.2 Å². The minimum atomic E-state index is -1.16. The summed E-state index contributed by atoms with van der Waals surface area (Å²) < 4.78 is 5.02. The van der Waals surface area contributed by atoms with Gasteiger partial charge in [0.05, 0.1) is 16.8 Å². The first-order chi connectivity index (χ1) is 15.0. The Morgan fingerprint density at radius 1 is 1.03 bits per heavy atom. The van der Waals surface area contributed by atoms with Gasteiger partial charge in [-0.05, 0) is 19.1 Å². The molecule has 0 saturated carbocycles. The first kappa shape index (κ1) is 20.4. The van der Waals surface area contributed by atoms with E-state index < -0.39 is 36.3 Å². The number of benzene rings is 2. The lowest BCUT2D eigenvalue weighted by atomic mass is 10.1. The highest BCUT2D eigenvalue weighted by molar-refractivity contribution is 7.14. The summed E-state index contributed by atoms with van der Waals surface area (Å²) in [6.45, 7) is 0.821. The molecule has 1 aliphatic heterocycles. The van der Waals surface area contributed by atoms with Gasteiger partial charge in [-0.15, -0.1) is 11.3 Å². The van der Waals surface area contributed by atoms with E-state index in [9.17, 15) is 19.2 Å². The van der Waals surface area contributed by atoms with Gasteiger partial charge in [-0.3, -0.25) is 24.6 Å². The fourth-order valence-electron chi connectivity index (χ4n) is 3.15. The SMILES string of the molecule is CC(C(=O)OCC(=O)Nc1nc(-c2ccccc2)cs1)N1C(=O)c2ccccc2C1=O. The fraction of sp³-hybridized carbons (Fsp3) is 0.136. The topological polar surface area (TPSA) is 106 Å². The molecule has 1 aliphatic rings. The molecule has 0 bridgehead atoms. The smallest absolute Gasteiger partial charge is 0.329 e. The molecule has 0 spiro atoms. The summed E-state index contributed by atoms with van der Waals surface area (Å²) in [5.41, 5.74) is 2.11. The maximum Gasteiger partial charge on any atom is 0.329 e. The van der Waals surface area contributed by atoms with Crippen molar-refractivity contribution in [3.8, 4) is 11.3 Å². The van der Waals surface area contributed by atoms with Crippen LogP contribution in [0.2, 0.25) is 0 Å². The van der Waals surface area contributed by atoms with Crippen LogP contribution in [0.3, 0.4) is 0 Å². The van der Waals surface area contributed by atoms with Crippen molar-refractivity contribution in [1.29, 1.82) is 0 Å². The second-order valence-electron chi connectivity index (χ2n) is 6.76. The number of hydrogen-bond donors (Lipinski definition) is 1. The molecule has 3 aromatic rings. The van der Waals surface area contributed by atoms with Crippen molar-refractivity contribution >= 4 is 40.2 Å². The van der Waals surface area contributed by atoms with E-state index in [1.165, 1.54) is 30.4 Å². The predicted octanol–water partition coefficient (Wildman–Crippen LogP) is 2.98. The number of imide groups is 1. The summed E-state index contributed by atoms with van der Waals surface area (Å²) in [7, 11) is 0. The summed E-state index contributed by atoms with van der Waals surface area (Å²) in [5, 5.41) is 4.75. The minimum Gasteiger partial charge on any atom is -0.454 e. The largest absolute Gasteiger partial charge is 0.454 e. The summed E-state index contributed by atoms with van der Waals surface area (Å²) in [4.78, 5) is 54.6. The summed E-state index contributed by atoms with van der Waals surface area (Å²) in [5.74, 6) is -2.55. The summed E-state index contributed by atoms with van der Waals surface area (Å²) in [6, 6.07) is 14.7. The van der Waals surface area contributed by atoms with Gasteiger partial charge in [-0.1, -0.05) is 42.5 Å². The normalized spacial score (nSPS) is 13.6. The van der Waals surface area contributed by atoms with E-state index in [1.807, 2.05) is 30.3 Å². The van der Waals surface area contributed by atoms with Crippen molar-refractivity contribution in [3.05, 3.63) is 71.1 Å². The van der Waals surface area contributed by atoms with Gasteiger partial charge in [0.1, 0.15) is 6.04 Å². The average Bonchev–Trinajstić information content (AvgIpc) is 3.35. The Bertz CT molecular complexity index is 1140. The van der Waals surface area contributed by atoms with Crippen LogP contribution in [-0.4, -0.2) is 46.2 Å². The molecule has 0 saturated heterocycles. The van der Waals surface area contributed by atoms with Crippen molar-refractivity contribution < 1.29 is 23.9 Å². The Labute approximate surface area is 181 Å². The molecule has 0 aliphatic carbocycles. The van der Waals surface area contributed by atoms with Crippen LogP contribution >= 0.6 is 11.3 Å². The molecule has 3 amide bonds. The molecule has 31 heavy (non-hydrogen) atoms. The first-order valence-corrected chi connectivity index (χ1v) is 10.3.